The minimum Gasteiger partial charge on any atom is -0.368 e. The molecule has 0 radical (unpaired) electrons. The van der Waals surface area contributed by atoms with Crippen LogP contribution in [0, 0.1) is 0 Å². The zero-order valence-corrected chi connectivity index (χ0v) is 16.1. The lowest BCUT2D eigenvalue weighted by Gasteiger charge is -2.12. The number of rotatable bonds is 5. The Balaban J connectivity index is 1.86. The summed E-state index contributed by atoms with van der Waals surface area (Å²) in [7, 11) is 0. The molecule has 156 valence electrons. The SMILES string of the molecule is NC(=O)Cn1ccc2c(NC(=O)Cc3ccc(Cl)c(C(F)(F)F)c3)cccc2c1=O. The van der Waals surface area contributed by atoms with Crippen LogP contribution >= 0.6 is 11.6 Å². The number of primary amides is 1. The number of pyridine rings is 1. The van der Waals surface area contributed by atoms with Gasteiger partial charge in [0.2, 0.25) is 11.8 Å². The lowest BCUT2D eigenvalue weighted by atomic mass is 10.1. The van der Waals surface area contributed by atoms with Gasteiger partial charge in [-0.15, -0.1) is 0 Å². The fraction of sp³-hybridized carbons (Fsp3) is 0.150. The van der Waals surface area contributed by atoms with Gasteiger partial charge in [0.1, 0.15) is 6.54 Å². The number of aromatic nitrogens is 1. The summed E-state index contributed by atoms with van der Waals surface area (Å²) in [4.78, 5) is 36.0. The van der Waals surface area contributed by atoms with Crippen molar-refractivity contribution in [3.63, 3.8) is 0 Å². The van der Waals surface area contributed by atoms with Gasteiger partial charge in [-0.25, -0.2) is 0 Å². The zero-order valence-electron chi connectivity index (χ0n) is 15.3. The number of nitrogens with one attached hydrogen (secondary N) is 1. The summed E-state index contributed by atoms with van der Waals surface area (Å²) in [5, 5.41) is 2.82. The van der Waals surface area contributed by atoms with Crippen molar-refractivity contribution in [1.29, 1.82) is 0 Å². The summed E-state index contributed by atoms with van der Waals surface area (Å²) in [6.45, 7) is -0.288. The highest BCUT2D eigenvalue weighted by molar-refractivity contribution is 6.31. The van der Waals surface area contributed by atoms with Gasteiger partial charge in [-0.3, -0.25) is 14.4 Å². The van der Waals surface area contributed by atoms with Crippen LogP contribution in [0.3, 0.4) is 0 Å². The van der Waals surface area contributed by atoms with Crippen molar-refractivity contribution in [3.05, 3.63) is 75.2 Å². The third-order valence-corrected chi connectivity index (χ3v) is 4.65. The maximum Gasteiger partial charge on any atom is 0.417 e. The van der Waals surface area contributed by atoms with Gasteiger partial charge in [-0.2, -0.15) is 13.2 Å². The number of nitrogens with zero attached hydrogens (tertiary/aromatic N) is 1. The van der Waals surface area contributed by atoms with E-state index in [0.717, 1.165) is 16.7 Å². The number of carbonyl (C=O) groups excluding carboxylic acids is 2. The number of carbonyl (C=O) groups is 2. The highest BCUT2D eigenvalue weighted by atomic mass is 35.5. The van der Waals surface area contributed by atoms with Crippen LogP contribution in [0.2, 0.25) is 5.02 Å². The molecule has 3 N–H and O–H groups in total. The molecule has 0 atom stereocenters. The Morgan fingerprint density at radius 2 is 1.83 bits per heavy atom. The first kappa shape index (κ1) is 21.4. The van der Waals surface area contributed by atoms with Gasteiger partial charge in [0, 0.05) is 22.7 Å². The van der Waals surface area contributed by atoms with E-state index in [1.165, 1.54) is 24.4 Å². The van der Waals surface area contributed by atoms with Crippen LogP contribution in [0.4, 0.5) is 18.9 Å². The minimum atomic E-state index is -4.63. The maximum atomic E-state index is 13.0. The molecule has 0 saturated heterocycles. The zero-order chi connectivity index (χ0) is 22.1. The molecule has 1 aromatic heterocycles. The molecule has 0 spiro atoms. The van der Waals surface area contributed by atoms with Crippen LogP contribution in [0.5, 0.6) is 0 Å². The summed E-state index contributed by atoms with van der Waals surface area (Å²) >= 11 is 5.59. The molecule has 3 rings (SSSR count). The Kier molecular flexibility index (Phi) is 5.84. The monoisotopic (exact) mass is 437 g/mol. The average molecular weight is 438 g/mol. The van der Waals surface area contributed by atoms with Gasteiger partial charge in [-0.1, -0.05) is 23.7 Å². The first-order chi connectivity index (χ1) is 14.1. The van der Waals surface area contributed by atoms with Crippen LogP contribution in [0.15, 0.2) is 53.5 Å². The lowest BCUT2D eigenvalue weighted by molar-refractivity contribution is -0.137. The molecule has 0 unspecified atom stereocenters. The number of halogens is 4. The van der Waals surface area contributed by atoms with E-state index in [1.807, 2.05) is 0 Å². The van der Waals surface area contributed by atoms with Crippen LogP contribution in [0.25, 0.3) is 10.8 Å². The normalized spacial score (nSPS) is 11.5. The summed E-state index contributed by atoms with van der Waals surface area (Å²) in [5.41, 5.74) is 4.08. The lowest BCUT2D eigenvalue weighted by Crippen LogP contribution is -2.27. The third kappa shape index (κ3) is 4.62. The van der Waals surface area contributed by atoms with E-state index >= 15 is 0 Å². The Morgan fingerprint density at radius 1 is 1.10 bits per heavy atom. The average Bonchev–Trinajstić information content (AvgIpc) is 2.65. The molecule has 0 aliphatic heterocycles. The topological polar surface area (TPSA) is 94.2 Å². The fourth-order valence-corrected chi connectivity index (χ4v) is 3.22. The van der Waals surface area contributed by atoms with E-state index in [9.17, 15) is 27.6 Å². The summed E-state index contributed by atoms with van der Waals surface area (Å²) in [6.07, 6.45) is -3.58. The predicted octanol–water partition coefficient (Wildman–Crippen LogP) is 3.34. The first-order valence-electron chi connectivity index (χ1n) is 8.62. The van der Waals surface area contributed by atoms with Crippen molar-refractivity contribution in [1.82, 2.24) is 4.57 Å². The van der Waals surface area contributed by atoms with Crippen molar-refractivity contribution in [2.24, 2.45) is 5.73 Å². The standard InChI is InChI=1S/C20H15ClF3N3O3/c21-15-5-4-11(8-14(15)20(22,23)24)9-18(29)26-16-3-1-2-13-12(16)6-7-27(19(13)30)10-17(25)28/h1-8H,9-10H2,(H2,25,28)(H,26,29). The summed E-state index contributed by atoms with van der Waals surface area (Å²) in [6, 6.07) is 9.42. The van der Waals surface area contributed by atoms with Crippen LogP contribution in [0.1, 0.15) is 11.1 Å². The fourth-order valence-electron chi connectivity index (χ4n) is 3.00. The van der Waals surface area contributed by atoms with Crippen molar-refractivity contribution in [2.75, 3.05) is 5.32 Å². The Morgan fingerprint density at radius 3 is 2.50 bits per heavy atom. The van der Waals surface area contributed by atoms with E-state index < -0.39 is 34.1 Å². The molecule has 2 amide bonds. The summed E-state index contributed by atoms with van der Waals surface area (Å²) in [5.74, 6) is -1.25. The number of hydrogen-bond acceptors (Lipinski definition) is 3. The Labute approximate surface area is 173 Å². The highest BCUT2D eigenvalue weighted by Crippen LogP contribution is 2.35. The molecule has 1 heterocycles. The molecular weight excluding hydrogens is 423 g/mol. The van der Waals surface area contributed by atoms with Crippen molar-refractivity contribution in [3.8, 4) is 0 Å². The molecule has 6 nitrogen and oxygen atoms in total. The smallest absolute Gasteiger partial charge is 0.368 e. The van der Waals surface area contributed by atoms with E-state index in [2.05, 4.69) is 5.32 Å². The van der Waals surface area contributed by atoms with Gasteiger partial charge in [0.15, 0.2) is 0 Å². The van der Waals surface area contributed by atoms with Gasteiger partial charge < -0.3 is 15.6 Å². The largest absolute Gasteiger partial charge is 0.417 e. The Bertz CT molecular complexity index is 1210. The number of nitrogens with two attached hydrogens (primary N) is 1. The molecule has 0 fully saturated rings. The van der Waals surface area contributed by atoms with Crippen molar-refractivity contribution in [2.45, 2.75) is 19.1 Å². The second-order valence-corrected chi connectivity index (χ2v) is 6.93. The molecular formula is C20H15ClF3N3O3. The molecule has 30 heavy (non-hydrogen) atoms. The van der Waals surface area contributed by atoms with Gasteiger partial charge in [0.25, 0.3) is 5.56 Å². The second kappa shape index (κ2) is 8.19. The van der Waals surface area contributed by atoms with E-state index in [4.69, 9.17) is 17.3 Å². The van der Waals surface area contributed by atoms with E-state index in [1.54, 1.807) is 12.1 Å². The van der Waals surface area contributed by atoms with E-state index in [-0.39, 0.29) is 23.9 Å². The van der Waals surface area contributed by atoms with E-state index in [0.29, 0.717) is 11.1 Å². The molecule has 0 aliphatic rings. The number of anilines is 1. The quantitative estimate of drug-likeness (QED) is 0.641. The van der Waals surface area contributed by atoms with Crippen molar-refractivity contribution < 1.29 is 22.8 Å². The molecule has 2 aromatic carbocycles. The predicted molar refractivity (Wildman–Crippen MR) is 106 cm³/mol. The van der Waals surface area contributed by atoms with Gasteiger partial charge >= 0.3 is 6.18 Å². The molecule has 0 aliphatic carbocycles. The van der Waals surface area contributed by atoms with Crippen LogP contribution in [-0.2, 0) is 28.7 Å². The number of benzene rings is 2. The first-order valence-corrected chi connectivity index (χ1v) is 9.00. The number of amides is 2. The number of hydrogen-bond donors (Lipinski definition) is 2. The van der Waals surface area contributed by atoms with Gasteiger partial charge in [-0.05, 0) is 35.9 Å². The maximum absolute atomic E-state index is 13.0. The van der Waals surface area contributed by atoms with Crippen LogP contribution < -0.4 is 16.6 Å². The molecule has 0 saturated carbocycles. The number of fused-ring (bicyclic) bond motifs is 1. The minimum absolute atomic E-state index is 0.133. The third-order valence-electron chi connectivity index (χ3n) is 4.32. The Hall–Kier alpha value is -3.33. The van der Waals surface area contributed by atoms with Crippen molar-refractivity contribution >= 4 is 39.9 Å². The summed E-state index contributed by atoms with van der Waals surface area (Å²) < 4.78 is 40.1. The molecule has 0 bridgehead atoms. The van der Waals surface area contributed by atoms with Gasteiger partial charge in [0.05, 0.1) is 17.0 Å². The highest BCUT2D eigenvalue weighted by Gasteiger charge is 2.33. The molecule has 3 aromatic rings. The molecule has 10 heteroatoms. The number of alkyl halides is 3. The second-order valence-electron chi connectivity index (χ2n) is 6.52. The van der Waals surface area contributed by atoms with Crippen LogP contribution in [-0.4, -0.2) is 16.4 Å².